The molecule has 0 unspecified atom stereocenters. The highest BCUT2D eigenvalue weighted by Crippen LogP contribution is 2.33. The summed E-state index contributed by atoms with van der Waals surface area (Å²) in [6, 6.07) is 30.6. The maximum absolute atomic E-state index is 13.3. The summed E-state index contributed by atoms with van der Waals surface area (Å²) in [4.78, 5) is 26.3. The van der Waals surface area contributed by atoms with E-state index >= 15 is 0 Å². The standard InChI is InChI=1S/C31H18Cl2N2O3/c32-26-13-6-14-27(29(26)33)35-30(36)21(18-34)17-25-23-11-4-2-8-20(23)15-16-28(25)38-31(37)24-12-5-9-19-7-1-3-10-22(19)24/h1-17H,(H,35,36)/b21-17+. The van der Waals surface area contributed by atoms with Crippen molar-refractivity contribution in [3.8, 4) is 11.8 Å². The number of rotatable bonds is 5. The van der Waals surface area contributed by atoms with Crippen LogP contribution in [0.25, 0.3) is 27.6 Å². The van der Waals surface area contributed by atoms with Gasteiger partial charge in [0.15, 0.2) is 0 Å². The smallest absolute Gasteiger partial charge is 0.344 e. The van der Waals surface area contributed by atoms with Crippen LogP contribution in [0.1, 0.15) is 15.9 Å². The van der Waals surface area contributed by atoms with Gasteiger partial charge in [0.1, 0.15) is 17.4 Å². The summed E-state index contributed by atoms with van der Waals surface area (Å²) in [5.74, 6) is -1.03. The van der Waals surface area contributed by atoms with Crippen LogP contribution in [0.5, 0.6) is 5.75 Å². The third kappa shape index (κ3) is 4.96. The highest BCUT2D eigenvalue weighted by molar-refractivity contribution is 6.44. The number of nitriles is 1. The first-order valence-corrected chi connectivity index (χ1v) is 12.3. The number of fused-ring (bicyclic) bond motifs is 2. The number of nitrogens with one attached hydrogen (secondary N) is 1. The van der Waals surface area contributed by atoms with Crippen LogP contribution in [0.3, 0.4) is 0 Å². The average Bonchev–Trinajstić information content (AvgIpc) is 2.94. The Bertz CT molecular complexity index is 1800. The van der Waals surface area contributed by atoms with Crippen molar-refractivity contribution < 1.29 is 14.3 Å². The van der Waals surface area contributed by atoms with Crippen molar-refractivity contribution in [1.29, 1.82) is 5.26 Å². The number of ether oxygens (including phenoxy) is 1. The largest absolute Gasteiger partial charge is 0.422 e. The monoisotopic (exact) mass is 536 g/mol. The molecule has 7 heteroatoms. The number of nitrogens with zero attached hydrogens (tertiary/aromatic N) is 1. The molecule has 0 radical (unpaired) electrons. The first kappa shape index (κ1) is 25.0. The van der Waals surface area contributed by atoms with Crippen LogP contribution in [-0.2, 0) is 4.79 Å². The van der Waals surface area contributed by atoms with Gasteiger partial charge in [0.2, 0.25) is 0 Å². The summed E-state index contributed by atoms with van der Waals surface area (Å²) in [6.07, 6.45) is 1.40. The molecule has 0 saturated carbocycles. The molecule has 5 rings (SSSR count). The Labute approximate surface area is 228 Å². The molecule has 5 aromatic rings. The van der Waals surface area contributed by atoms with E-state index < -0.39 is 11.9 Å². The van der Waals surface area contributed by atoms with Gasteiger partial charge in [-0.25, -0.2) is 4.79 Å². The number of amides is 1. The second-order valence-electron chi connectivity index (χ2n) is 8.34. The molecule has 184 valence electrons. The normalized spacial score (nSPS) is 11.2. The second-order valence-corrected chi connectivity index (χ2v) is 9.13. The average molecular weight is 537 g/mol. The van der Waals surface area contributed by atoms with Crippen molar-refractivity contribution in [2.45, 2.75) is 0 Å². The van der Waals surface area contributed by atoms with Gasteiger partial charge >= 0.3 is 5.97 Å². The van der Waals surface area contributed by atoms with Gasteiger partial charge in [0.05, 0.1) is 21.3 Å². The molecule has 0 aliphatic heterocycles. The van der Waals surface area contributed by atoms with E-state index in [9.17, 15) is 14.9 Å². The van der Waals surface area contributed by atoms with Crippen molar-refractivity contribution in [3.05, 3.63) is 124 Å². The van der Waals surface area contributed by atoms with Crippen LogP contribution in [0.15, 0.2) is 103 Å². The highest BCUT2D eigenvalue weighted by atomic mass is 35.5. The molecule has 1 amide bonds. The van der Waals surface area contributed by atoms with Crippen LogP contribution in [0.2, 0.25) is 10.0 Å². The Kier molecular flexibility index (Phi) is 7.10. The van der Waals surface area contributed by atoms with Gasteiger partial charge in [0.25, 0.3) is 5.91 Å². The van der Waals surface area contributed by atoms with Crippen LogP contribution in [0.4, 0.5) is 5.69 Å². The van der Waals surface area contributed by atoms with Gasteiger partial charge in [-0.05, 0) is 51.9 Å². The Hall–Kier alpha value is -4.63. The number of carbonyl (C=O) groups excluding carboxylic acids is 2. The summed E-state index contributed by atoms with van der Waals surface area (Å²) < 4.78 is 5.86. The van der Waals surface area contributed by atoms with E-state index in [0.29, 0.717) is 16.5 Å². The molecule has 0 heterocycles. The van der Waals surface area contributed by atoms with Crippen LogP contribution in [-0.4, -0.2) is 11.9 Å². The number of anilines is 1. The summed E-state index contributed by atoms with van der Waals surface area (Å²) in [5, 5.41) is 16.1. The van der Waals surface area contributed by atoms with Gasteiger partial charge < -0.3 is 10.1 Å². The molecule has 1 N–H and O–H groups in total. The van der Waals surface area contributed by atoms with Crippen molar-refractivity contribution in [3.63, 3.8) is 0 Å². The zero-order valence-electron chi connectivity index (χ0n) is 19.7. The molecule has 0 aliphatic carbocycles. The minimum absolute atomic E-state index is 0.162. The zero-order chi connectivity index (χ0) is 26.6. The van der Waals surface area contributed by atoms with Crippen LogP contribution in [0, 0.1) is 11.3 Å². The topological polar surface area (TPSA) is 79.2 Å². The lowest BCUT2D eigenvalue weighted by Crippen LogP contribution is -2.14. The molecular formula is C31H18Cl2N2O3. The number of benzene rings is 5. The molecule has 0 saturated heterocycles. The Morgan fingerprint density at radius 1 is 0.789 bits per heavy atom. The predicted molar refractivity (Wildman–Crippen MR) is 152 cm³/mol. The molecule has 5 nitrogen and oxygen atoms in total. The van der Waals surface area contributed by atoms with Crippen molar-refractivity contribution in [2.24, 2.45) is 0 Å². The summed E-state index contributed by atoms with van der Waals surface area (Å²) in [6.45, 7) is 0. The highest BCUT2D eigenvalue weighted by Gasteiger charge is 2.18. The SMILES string of the molecule is N#C/C(=C\c1c(OC(=O)c2cccc3ccccc23)ccc2ccccc12)C(=O)Nc1cccc(Cl)c1Cl. The predicted octanol–water partition coefficient (Wildman–Crippen LogP) is 8.06. The van der Waals surface area contributed by atoms with Crippen LogP contribution >= 0.6 is 23.2 Å². The fourth-order valence-electron chi connectivity index (χ4n) is 4.15. The van der Waals surface area contributed by atoms with E-state index in [1.54, 1.807) is 36.4 Å². The fraction of sp³-hybridized carbons (Fsp3) is 0. The van der Waals surface area contributed by atoms with Crippen molar-refractivity contribution >= 4 is 68.4 Å². The number of esters is 1. The van der Waals surface area contributed by atoms with Crippen molar-refractivity contribution in [1.82, 2.24) is 0 Å². The van der Waals surface area contributed by atoms with E-state index in [0.717, 1.165) is 16.2 Å². The molecule has 5 aromatic carbocycles. The Morgan fingerprint density at radius 2 is 1.45 bits per heavy atom. The number of hydrogen-bond acceptors (Lipinski definition) is 4. The van der Waals surface area contributed by atoms with E-state index in [2.05, 4.69) is 5.32 Å². The third-order valence-corrected chi connectivity index (χ3v) is 6.82. The molecule has 0 aromatic heterocycles. The van der Waals surface area contributed by atoms with Gasteiger partial charge in [-0.3, -0.25) is 4.79 Å². The third-order valence-electron chi connectivity index (χ3n) is 6.00. The van der Waals surface area contributed by atoms with Crippen molar-refractivity contribution in [2.75, 3.05) is 5.32 Å². The Morgan fingerprint density at radius 3 is 2.21 bits per heavy atom. The summed E-state index contributed by atoms with van der Waals surface area (Å²) >= 11 is 12.2. The van der Waals surface area contributed by atoms with Crippen LogP contribution < -0.4 is 10.1 Å². The van der Waals surface area contributed by atoms with Gasteiger partial charge in [0, 0.05) is 5.56 Å². The number of hydrogen-bond donors (Lipinski definition) is 1. The maximum atomic E-state index is 13.3. The first-order valence-electron chi connectivity index (χ1n) is 11.5. The van der Waals surface area contributed by atoms with E-state index in [-0.39, 0.29) is 27.1 Å². The molecule has 38 heavy (non-hydrogen) atoms. The molecule has 0 spiro atoms. The lowest BCUT2D eigenvalue weighted by molar-refractivity contribution is -0.112. The van der Waals surface area contributed by atoms with Gasteiger partial charge in [-0.2, -0.15) is 5.26 Å². The molecule has 0 fully saturated rings. The number of carbonyl (C=O) groups is 2. The maximum Gasteiger partial charge on any atom is 0.344 e. The second kappa shape index (κ2) is 10.8. The van der Waals surface area contributed by atoms with Gasteiger partial charge in [-0.15, -0.1) is 0 Å². The van der Waals surface area contributed by atoms with Gasteiger partial charge in [-0.1, -0.05) is 96.0 Å². The lowest BCUT2D eigenvalue weighted by Gasteiger charge is -2.13. The van der Waals surface area contributed by atoms with E-state index in [4.69, 9.17) is 27.9 Å². The minimum atomic E-state index is -0.684. The molecule has 0 atom stereocenters. The first-order chi connectivity index (χ1) is 18.5. The molecule has 0 bridgehead atoms. The Balaban J connectivity index is 1.56. The summed E-state index contributed by atoms with van der Waals surface area (Å²) in [7, 11) is 0. The lowest BCUT2D eigenvalue weighted by atomic mass is 10.0. The quantitative estimate of drug-likeness (QED) is 0.106. The molecule has 0 aliphatic rings. The minimum Gasteiger partial charge on any atom is -0.422 e. The molecular weight excluding hydrogens is 519 g/mol. The summed E-state index contributed by atoms with van der Waals surface area (Å²) in [5.41, 5.74) is 0.881. The number of halogens is 2. The van der Waals surface area contributed by atoms with E-state index in [1.165, 1.54) is 6.08 Å². The fourth-order valence-corrected chi connectivity index (χ4v) is 4.50. The zero-order valence-corrected chi connectivity index (χ0v) is 21.3. The van der Waals surface area contributed by atoms with E-state index in [1.807, 2.05) is 66.7 Å².